The number of nitrogens with zero attached hydrogens (tertiary/aromatic N) is 1. The van der Waals surface area contributed by atoms with E-state index in [1.807, 2.05) is 0 Å². The highest BCUT2D eigenvalue weighted by Gasteiger charge is 2.47. The quantitative estimate of drug-likeness (QED) is 0.867. The van der Waals surface area contributed by atoms with Crippen molar-refractivity contribution in [2.75, 3.05) is 19.5 Å². The standard InChI is InChI=1S/C14H18F2N2O2/c1-8-18-14(2,13(19-3)12(7-15)20-8)10-6-9(17)4-5-11(10)16/h4-6,12-13H,7,17H2,1-3H3/t12-,13+,14-/m1/s1. The SMILES string of the molecule is CO[C@H]1[C@@H](CF)OC(C)=N[C@]1(C)c1cc(N)ccc1F. The second-order valence-electron chi connectivity index (χ2n) is 4.98. The molecule has 20 heavy (non-hydrogen) atoms. The summed E-state index contributed by atoms with van der Waals surface area (Å²) in [7, 11) is 1.43. The van der Waals surface area contributed by atoms with Crippen LogP contribution in [-0.2, 0) is 15.0 Å². The van der Waals surface area contributed by atoms with E-state index >= 15 is 0 Å². The predicted octanol–water partition coefficient (Wildman–Crippen LogP) is 2.42. The highest BCUT2D eigenvalue weighted by Crippen LogP contribution is 2.39. The summed E-state index contributed by atoms with van der Waals surface area (Å²) in [6.45, 7) is 2.55. The van der Waals surface area contributed by atoms with Crippen molar-refractivity contribution in [1.29, 1.82) is 0 Å². The third-order valence-electron chi connectivity index (χ3n) is 3.55. The van der Waals surface area contributed by atoms with E-state index in [0.717, 1.165) is 0 Å². The maximum atomic E-state index is 14.2. The number of nitrogens with two attached hydrogens (primary N) is 1. The average Bonchev–Trinajstić information content (AvgIpc) is 2.40. The second-order valence-corrected chi connectivity index (χ2v) is 4.98. The maximum absolute atomic E-state index is 14.2. The number of ether oxygens (including phenoxy) is 2. The van der Waals surface area contributed by atoms with Crippen LogP contribution in [0.4, 0.5) is 14.5 Å². The molecule has 0 unspecified atom stereocenters. The molecule has 0 radical (unpaired) electrons. The minimum atomic E-state index is -1.09. The molecular weight excluding hydrogens is 266 g/mol. The molecule has 4 nitrogen and oxygen atoms in total. The van der Waals surface area contributed by atoms with E-state index in [1.54, 1.807) is 13.8 Å². The summed E-state index contributed by atoms with van der Waals surface area (Å²) in [6, 6.07) is 4.23. The van der Waals surface area contributed by atoms with Crippen molar-refractivity contribution in [3.8, 4) is 0 Å². The molecule has 6 heteroatoms. The zero-order chi connectivity index (χ0) is 14.9. The van der Waals surface area contributed by atoms with Crippen LogP contribution in [0.15, 0.2) is 23.2 Å². The minimum Gasteiger partial charge on any atom is -0.472 e. The summed E-state index contributed by atoms with van der Waals surface area (Å²) in [4.78, 5) is 4.34. The van der Waals surface area contributed by atoms with Crippen molar-refractivity contribution in [2.45, 2.75) is 31.6 Å². The van der Waals surface area contributed by atoms with E-state index in [-0.39, 0.29) is 5.56 Å². The number of aliphatic imine (C=N–C) groups is 1. The molecule has 0 aromatic heterocycles. The molecule has 1 aromatic carbocycles. The molecule has 0 saturated heterocycles. The Morgan fingerprint density at radius 1 is 1.50 bits per heavy atom. The predicted molar refractivity (Wildman–Crippen MR) is 72.9 cm³/mol. The van der Waals surface area contributed by atoms with Crippen LogP contribution < -0.4 is 5.73 Å². The van der Waals surface area contributed by atoms with Gasteiger partial charge in [-0.2, -0.15) is 0 Å². The summed E-state index contributed by atoms with van der Waals surface area (Å²) in [6.07, 6.45) is -1.57. The third kappa shape index (κ3) is 2.35. The molecule has 1 aliphatic heterocycles. The Kier molecular flexibility index (Phi) is 3.94. The van der Waals surface area contributed by atoms with Gasteiger partial charge in [0.2, 0.25) is 0 Å². The van der Waals surface area contributed by atoms with Crippen molar-refractivity contribution < 1.29 is 18.3 Å². The van der Waals surface area contributed by atoms with Crippen LogP contribution in [0.5, 0.6) is 0 Å². The first-order valence-corrected chi connectivity index (χ1v) is 6.29. The van der Waals surface area contributed by atoms with Gasteiger partial charge in [0, 0.05) is 25.3 Å². The number of benzene rings is 1. The van der Waals surface area contributed by atoms with Gasteiger partial charge in [0.05, 0.1) is 0 Å². The lowest BCUT2D eigenvalue weighted by atomic mass is 9.82. The molecule has 110 valence electrons. The van der Waals surface area contributed by atoms with Gasteiger partial charge in [0.25, 0.3) is 0 Å². The Morgan fingerprint density at radius 2 is 2.20 bits per heavy atom. The fourth-order valence-corrected chi connectivity index (χ4v) is 2.70. The smallest absolute Gasteiger partial charge is 0.181 e. The zero-order valence-electron chi connectivity index (χ0n) is 11.7. The normalized spacial score (nSPS) is 29.8. The third-order valence-corrected chi connectivity index (χ3v) is 3.55. The molecule has 0 amide bonds. The topological polar surface area (TPSA) is 56.8 Å². The Morgan fingerprint density at radius 3 is 2.80 bits per heavy atom. The molecule has 3 atom stereocenters. The molecule has 1 aromatic rings. The van der Waals surface area contributed by atoms with Gasteiger partial charge in [-0.1, -0.05) is 0 Å². The van der Waals surface area contributed by atoms with E-state index in [2.05, 4.69) is 4.99 Å². The first-order chi connectivity index (χ1) is 9.42. The molecule has 1 heterocycles. The Balaban J connectivity index is 2.59. The number of nitrogen functional groups attached to an aromatic ring is 1. The molecule has 2 N–H and O–H groups in total. The van der Waals surface area contributed by atoms with Crippen LogP contribution in [0.2, 0.25) is 0 Å². The van der Waals surface area contributed by atoms with Gasteiger partial charge in [-0.25, -0.2) is 13.8 Å². The lowest BCUT2D eigenvalue weighted by molar-refractivity contribution is -0.0700. The van der Waals surface area contributed by atoms with Crippen molar-refractivity contribution in [3.05, 3.63) is 29.6 Å². The van der Waals surface area contributed by atoms with Gasteiger partial charge in [-0.15, -0.1) is 0 Å². The van der Waals surface area contributed by atoms with E-state index in [1.165, 1.54) is 25.3 Å². The van der Waals surface area contributed by atoms with Crippen LogP contribution in [0.3, 0.4) is 0 Å². The van der Waals surface area contributed by atoms with Crippen LogP contribution >= 0.6 is 0 Å². The fourth-order valence-electron chi connectivity index (χ4n) is 2.70. The minimum absolute atomic E-state index is 0.269. The van der Waals surface area contributed by atoms with Crippen LogP contribution in [-0.4, -0.2) is 31.9 Å². The maximum Gasteiger partial charge on any atom is 0.181 e. The van der Waals surface area contributed by atoms with Gasteiger partial charge >= 0.3 is 0 Å². The molecule has 0 aliphatic carbocycles. The highest BCUT2D eigenvalue weighted by atomic mass is 19.1. The van der Waals surface area contributed by atoms with Crippen molar-refractivity contribution >= 4 is 11.6 Å². The molecule has 0 spiro atoms. The largest absolute Gasteiger partial charge is 0.472 e. The van der Waals surface area contributed by atoms with Crippen molar-refractivity contribution in [2.24, 2.45) is 4.99 Å². The Hall–Kier alpha value is -1.69. The van der Waals surface area contributed by atoms with Crippen LogP contribution in [0, 0.1) is 5.82 Å². The summed E-state index contributed by atoms with van der Waals surface area (Å²) >= 11 is 0. The summed E-state index contributed by atoms with van der Waals surface area (Å²) < 4.78 is 38.0. The number of rotatable bonds is 3. The first kappa shape index (κ1) is 14.7. The molecular formula is C14H18F2N2O2. The summed E-state index contributed by atoms with van der Waals surface area (Å²) in [5.74, 6) is -0.162. The zero-order valence-corrected chi connectivity index (χ0v) is 11.7. The number of hydrogen-bond acceptors (Lipinski definition) is 4. The van der Waals surface area contributed by atoms with Gasteiger partial charge in [0.15, 0.2) is 12.0 Å². The van der Waals surface area contributed by atoms with Crippen LogP contribution in [0.25, 0.3) is 0 Å². The fraction of sp³-hybridized carbons (Fsp3) is 0.500. The molecule has 1 aliphatic rings. The number of methoxy groups -OCH3 is 1. The van der Waals surface area contributed by atoms with Crippen molar-refractivity contribution in [3.63, 3.8) is 0 Å². The number of anilines is 1. The van der Waals surface area contributed by atoms with Gasteiger partial charge in [-0.3, -0.25) is 0 Å². The Bertz CT molecular complexity index is 536. The van der Waals surface area contributed by atoms with Gasteiger partial charge in [-0.05, 0) is 25.1 Å². The molecule has 2 rings (SSSR count). The lowest BCUT2D eigenvalue weighted by Gasteiger charge is -2.41. The molecule has 0 fully saturated rings. The molecule has 0 saturated carbocycles. The van der Waals surface area contributed by atoms with E-state index in [0.29, 0.717) is 11.6 Å². The monoisotopic (exact) mass is 284 g/mol. The number of halogens is 2. The molecule has 0 bridgehead atoms. The second kappa shape index (κ2) is 5.36. The number of alkyl halides is 1. The number of hydrogen-bond donors (Lipinski definition) is 1. The lowest BCUT2D eigenvalue weighted by Crippen LogP contribution is -2.51. The summed E-state index contributed by atoms with van der Waals surface area (Å²) in [5.41, 5.74) is 5.31. The van der Waals surface area contributed by atoms with E-state index in [9.17, 15) is 8.78 Å². The van der Waals surface area contributed by atoms with E-state index < -0.39 is 30.2 Å². The van der Waals surface area contributed by atoms with Gasteiger partial charge in [0.1, 0.15) is 24.1 Å². The first-order valence-electron chi connectivity index (χ1n) is 6.29. The van der Waals surface area contributed by atoms with E-state index in [4.69, 9.17) is 15.2 Å². The highest BCUT2D eigenvalue weighted by molar-refractivity contribution is 5.75. The average molecular weight is 284 g/mol. The van der Waals surface area contributed by atoms with Crippen LogP contribution in [0.1, 0.15) is 19.4 Å². The Labute approximate surface area is 116 Å². The van der Waals surface area contributed by atoms with Gasteiger partial charge < -0.3 is 15.2 Å². The van der Waals surface area contributed by atoms with Crippen molar-refractivity contribution in [1.82, 2.24) is 0 Å². The summed E-state index contributed by atoms with van der Waals surface area (Å²) in [5, 5.41) is 0.